The predicted octanol–water partition coefficient (Wildman–Crippen LogP) is 1.92. The maximum Gasteiger partial charge on any atom is 0.243 e. The van der Waals surface area contributed by atoms with E-state index in [4.69, 9.17) is 4.74 Å². The summed E-state index contributed by atoms with van der Waals surface area (Å²) >= 11 is 0. The molecule has 0 atom stereocenters. The largest absolute Gasteiger partial charge is 0.496 e. The zero-order valence-electron chi connectivity index (χ0n) is 17.8. The summed E-state index contributed by atoms with van der Waals surface area (Å²) < 4.78 is 33.3. The minimum absolute atomic E-state index is 0.190. The number of rotatable bonds is 10. The van der Waals surface area contributed by atoms with Crippen LogP contribution < -0.4 is 10.1 Å². The second kappa shape index (κ2) is 9.24. The molecule has 1 aliphatic carbocycles. The Kier molecular flexibility index (Phi) is 7.47. The molecule has 1 aromatic carbocycles. The molecule has 0 spiro atoms. The smallest absolute Gasteiger partial charge is 0.243 e. The molecule has 0 aliphatic heterocycles. The van der Waals surface area contributed by atoms with E-state index in [-0.39, 0.29) is 23.9 Å². The van der Waals surface area contributed by atoms with Crippen LogP contribution in [-0.4, -0.2) is 69.4 Å². The molecule has 2 rings (SSSR count). The van der Waals surface area contributed by atoms with E-state index in [1.165, 1.54) is 11.4 Å². The monoisotopic (exact) mass is 411 g/mol. The van der Waals surface area contributed by atoms with Gasteiger partial charge in [0, 0.05) is 32.2 Å². The molecule has 0 aromatic heterocycles. The van der Waals surface area contributed by atoms with Gasteiger partial charge in [0.2, 0.25) is 15.9 Å². The van der Waals surface area contributed by atoms with Crippen LogP contribution in [0.3, 0.4) is 0 Å². The van der Waals surface area contributed by atoms with Crippen molar-refractivity contribution in [2.45, 2.75) is 57.5 Å². The second-order valence-corrected chi connectivity index (χ2v) is 9.60. The number of aryl methyl sites for hydroxylation is 2. The first-order chi connectivity index (χ1) is 13.1. The molecule has 1 N–H and O–H groups in total. The molecule has 7 nitrogen and oxygen atoms in total. The van der Waals surface area contributed by atoms with Gasteiger partial charge in [-0.3, -0.25) is 9.69 Å². The van der Waals surface area contributed by atoms with Crippen molar-refractivity contribution in [2.24, 2.45) is 0 Å². The quantitative estimate of drug-likeness (QED) is 0.636. The fourth-order valence-corrected chi connectivity index (χ4v) is 5.11. The number of methoxy groups -OCH3 is 1. The van der Waals surface area contributed by atoms with E-state index < -0.39 is 10.0 Å². The van der Waals surface area contributed by atoms with Crippen LogP contribution in [0.25, 0.3) is 0 Å². The van der Waals surface area contributed by atoms with E-state index in [1.807, 2.05) is 13.8 Å². The lowest BCUT2D eigenvalue weighted by Crippen LogP contribution is -2.45. The van der Waals surface area contributed by atoms with Crippen molar-refractivity contribution in [1.82, 2.24) is 14.5 Å². The fourth-order valence-electron chi connectivity index (χ4n) is 3.55. The minimum Gasteiger partial charge on any atom is -0.496 e. The standard InChI is InChI=1S/C20H33N3O4S/c1-14(2)23(17-7-8-17)10-9-22(13-19(24)21-5)28(25,26)18-11-15(3)20(27-6)16(4)12-18/h11-12,14,17H,7-10,13H2,1-6H3,(H,21,24). The average Bonchev–Trinajstić information content (AvgIpc) is 3.45. The van der Waals surface area contributed by atoms with Gasteiger partial charge in [0.1, 0.15) is 5.75 Å². The highest BCUT2D eigenvalue weighted by atomic mass is 32.2. The summed E-state index contributed by atoms with van der Waals surface area (Å²) in [6.45, 7) is 8.56. The van der Waals surface area contributed by atoms with Crippen molar-refractivity contribution in [3.05, 3.63) is 23.3 Å². The van der Waals surface area contributed by atoms with E-state index in [2.05, 4.69) is 24.1 Å². The van der Waals surface area contributed by atoms with Crippen LogP contribution in [-0.2, 0) is 14.8 Å². The molecule has 0 heterocycles. The summed E-state index contributed by atoms with van der Waals surface area (Å²) in [5, 5.41) is 2.53. The van der Waals surface area contributed by atoms with Gasteiger partial charge in [-0.05, 0) is 63.8 Å². The molecular formula is C20H33N3O4S. The van der Waals surface area contributed by atoms with E-state index in [1.54, 1.807) is 19.2 Å². The van der Waals surface area contributed by atoms with Crippen LogP contribution in [0.15, 0.2) is 17.0 Å². The molecule has 1 aliphatic rings. The highest BCUT2D eigenvalue weighted by molar-refractivity contribution is 7.89. The van der Waals surface area contributed by atoms with Crippen LogP contribution in [0.4, 0.5) is 0 Å². The Labute approximate surface area is 169 Å². The zero-order chi connectivity index (χ0) is 21.1. The summed E-state index contributed by atoms with van der Waals surface area (Å²) in [5.74, 6) is 0.351. The minimum atomic E-state index is -3.81. The van der Waals surface area contributed by atoms with Gasteiger partial charge in [0.05, 0.1) is 18.6 Å². The number of nitrogens with one attached hydrogen (secondary N) is 1. The predicted molar refractivity (Wildman–Crippen MR) is 110 cm³/mol. The zero-order valence-corrected chi connectivity index (χ0v) is 18.6. The Balaban J connectivity index is 2.31. The first-order valence-corrected chi connectivity index (χ1v) is 11.2. The molecule has 0 radical (unpaired) electrons. The molecule has 1 amide bonds. The van der Waals surface area contributed by atoms with Gasteiger partial charge in [-0.15, -0.1) is 0 Å². The van der Waals surface area contributed by atoms with Crippen molar-refractivity contribution in [3.63, 3.8) is 0 Å². The van der Waals surface area contributed by atoms with Crippen molar-refractivity contribution >= 4 is 15.9 Å². The van der Waals surface area contributed by atoms with Gasteiger partial charge < -0.3 is 10.1 Å². The third kappa shape index (κ3) is 5.24. The first-order valence-electron chi connectivity index (χ1n) is 9.73. The number of sulfonamides is 1. The second-order valence-electron chi connectivity index (χ2n) is 7.66. The topological polar surface area (TPSA) is 79.0 Å². The summed E-state index contributed by atoms with van der Waals surface area (Å²) in [6.07, 6.45) is 2.30. The third-order valence-corrected chi connectivity index (χ3v) is 6.98. The van der Waals surface area contributed by atoms with Crippen molar-refractivity contribution in [2.75, 3.05) is 33.8 Å². The molecule has 1 saturated carbocycles. The van der Waals surface area contributed by atoms with Gasteiger partial charge in [-0.1, -0.05) is 0 Å². The fraction of sp³-hybridized carbons (Fsp3) is 0.650. The van der Waals surface area contributed by atoms with Gasteiger partial charge >= 0.3 is 0 Å². The Morgan fingerprint density at radius 2 is 1.79 bits per heavy atom. The number of carbonyl (C=O) groups is 1. The number of amides is 1. The lowest BCUT2D eigenvalue weighted by molar-refractivity contribution is -0.120. The highest BCUT2D eigenvalue weighted by Crippen LogP contribution is 2.30. The molecule has 8 heteroatoms. The van der Waals surface area contributed by atoms with Crippen LogP contribution in [0.5, 0.6) is 5.75 Å². The maximum absolute atomic E-state index is 13.3. The van der Waals surface area contributed by atoms with E-state index in [0.717, 1.165) is 24.0 Å². The number of hydrogen-bond acceptors (Lipinski definition) is 5. The van der Waals surface area contributed by atoms with Crippen LogP contribution in [0, 0.1) is 13.8 Å². The normalized spacial score (nSPS) is 14.8. The first kappa shape index (κ1) is 22.6. The Morgan fingerprint density at radius 3 is 2.21 bits per heavy atom. The lowest BCUT2D eigenvalue weighted by Gasteiger charge is -2.30. The van der Waals surface area contributed by atoms with Crippen molar-refractivity contribution in [1.29, 1.82) is 0 Å². The summed E-state index contributed by atoms with van der Waals surface area (Å²) in [4.78, 5) is 14.5. The number of benzene rings is 1. The number of carbonyl (C=O) groups excluding carboxylic acids is 1. The Morgan fingerprint density at radius 1 is 1.21 bits per heavy atom. The SMILES string of the molecule is CNC(=O)CN(CCN(C(C)C)C1CC1)S(=O)(=O)c1cc(C)c(OC)c(C)c1. The molecule has 0 unspecified atom stereocenters. The van der Waals surface area contributed by atoms with E-state index >= 15 is 0 Å². The summed E-state index contributed by atoms with van der Waals surface area (Å²) in [6, 6.07) is 4.08. The number of nitrogens with zero attached hydrogens (tertiary/aromatic N) is 2. The van der Waals surface area contributed by atoms with Gasteiger partial charge in [0.25, 0.3) is 0 Å². The molecule has 0 saturated heterocycles. The maximum atomic E-state index is 13.3. The molecule has 1 aromatic rings. The lowest BCUT2D eigenvalue weighted by atomic mass is 10.1. The molecular weight excluding hydrogens is 378 g/mol. The van der Waals surface area contributed by atoms with Crippen LogP contribution in [0.2, 0.25) is 0 Å². The van der Waals surface area contributed by atoms with Crippen molar-refractivity contribution in [3.8, 4) is 5.75 Å². The number of hydrogen-bond donors (Lipinski definition) is 1. The Hall–Kier alpha value is -1.64. The molecule has 0 bridgehead atoms. The molecule has 1 fully saturated rings. The van der Waals surface area contributed by atoms with E-state index in [9.17, 15) is 13.2 Å². The highest BCUT2D eigenvalue weighted by Gasteiger charge is 2.33. The van der Waals surface area contributed by atoms with Gasteiger partial charge in [0.15, 0.2) is 0 Å². The van der Waals surface area contributed by atoms with Crippen molar-refractivity contribution < 1.29 is 17.9 Å². The van der Waals surface area contributed by atoms with Gasteiger partial charge in [-0.25, -0.2) is 8.42 Å². The summed E-state index contributed by atoms with van der Waals surface area (Å²) in [5.41, 5.74) is 1.51. The summed E-state index contributed by atoms with van der Waals surface area (Å²) in [7, 11) is -0.730. The van der Waals surface area contributed by atoms with Crippen LogP contribution in [0.1, 0.15) is 37.8 Å². The molecule has 158 valence electrons. The average molecular weight is 412 g/mol. The molecule has 28 heavy (non-hydrogen) atoms. The third-order valence-electron chi connectivity index (χ3n) is 5.16. The van der Waals surface area contributed by atoms with Crippen LogP contribution >= 0.6 is 0 Å². The number of ether oxygens (including phenoxy) is 1. The number of likely N-dealkylation sites (N-methyl/N-ethyl adjacent to an activating group) is 1. The van der Waals surface area contributed by atoms with E-state index in [0.29, 0.717) is 24.4 Å². The van der Waals surface area contributed by atoms with Gasteiger partial charge in [-0.2, -0.15) is 4.31 Å². The Bertz CT molecular complexity index is 779.